The van der Waals surface area contributed by atoms with E-state index < -0.39 is 0 Å². The molecule has 0 bridgehead atoms. The van der Waals surface area contributed by atoms with Gasteiger partial charge in [-0.3, -0.25) is 4.79 Å². The minimum atomic E-state index is -0.176. The zero-order valence-electron chi connectivity index (χ0n) is 14.8. The Bertz CT molecular complexity index is 907. The van der Waals surface area contributed by atoms with Crippen molar-refractivity contribution in [1.29, 1.82) is 0 Å². The third-order valence-electron chi connectivity index (χ3n) is 4.77. The van der Waals surface area contributed by atoms with Crippen LogP contribution in [-0.4, -0.2) is 29.1 Å². The van der Waals surface area contributed by atoms with Crippen LogP contribution in [0.1, 0.15) is 34.1 Å². The molecule has 3 heterocycles. The summed E-state index contributed by atoms with van der Waals surface area (Å²) in [4.78, 5) is 19.0. The number of nitrogens with one attached hydrogen (secondary N) is 1. The van der Waals surface area contributed by atoms with Gasteiger partial charge >= 0.3 is 0 Å². The second-order valence-corrected chi connectivity index (χ2v) is 6.49. The lowest BCUT2D eigenvalue weighted by Gasteiger charge is -2.18. The summed E-state index contributed by atoms with van der Waals surface area (Å²) in [5.74, 6) is 1.32. The van der Waals surface area contributed by atoms with Crippen molar-refractivity contribution >= 4 is 17.4 Å². The quantitative estimate of drug-likeness (QED) is 0.702. The van der Waals surface area contributed by atoms with Crippen LogP contribution in [-0.2, 0) is 6.42 Å². The number of aliphatic hydroxyl groups excluding tert-OH is 1. The molecule has 0 saturated carbocycles. The maximum absolute atomic E-state index is 12.8. The van der Waals surface area contributed by atoms with Crippen LogP contribution < -0.4 is 10.2 Å². The van der Waals surface area contributed by atoms with E-state index in [-0.39, 0.29) is 18.6 Å². The molecule has 4 rings (SSSR count). The number of hydrogen-bond donors (Lipinski definition) is 2. The molecule has 27 heavy (non-hydrogen) atoms. The highest BCUT2D eigenvalue weighted by molar-refractivity contribution is 6.07. The van der Waals surface area contributed by atoms with Gasteiger partial charge in [0.15, 0.2) is 0 Å². The van der Waals surface area contributed by atoms with Gasteiger partial charge in [-0.1, -0.05) is 18.2 Å². The Hall–Kier alpha value is -3.12. The SMILES string of the molecule is O=C(c1ccc(NC(CCO)c2ccco2)nc1)N1CCc2ccccc21. The molecule has 1 aliphatic rings. The van der Waals surface area contributed by atoms with Crippen molar-refractivity contribution in [1.82, 2.24) is 4.98 Å². The number of rotatable bonds is 6. The molecule has 1 aromatic carbocycles. The molecule has 138 valence electrons. The number of benzene rings is 1. The Morgan fingerprint density at radius 1 is 1.22 bits per heavy atom. The van der Waals surface area contributed by atoms with Crippen LogP contribution >= 0.6 is 0 Å². The average molecular weight is 363 g/mol. The molecule has 1 atom stereocenters. The molecule has 0 fully saturated rings. The number of carbonyl (C=O) groups is 1. The fourth-order valence-electron chi connectivity index (χ4n) is 3.39. The van der Waals surface area contributed by atoms with E-state index in [2.05, 4.69) is 16.4 Å². The molecule has 3 aromatic rings. The van der Waals surface area contributed by atoms with Crippen molar-refractivity contribution < 1.29 is 14.3 Å². The summed E-state index contributed by atoms with van der Waals surface area (Å²) in [5, 5.41) is 12.5. The summed E-state index contributed by atoms with van der Waals surface area (Å²) in [7, 11) is 0. The first kappa shape index (κ1) is 17.3. The highest BCUT2D eigenvalue weighted by Gasteiger charge is 2.25. The molecule has 0 aliphatic carbocycles. The number of furan rings is 1. The van der Waals surface area contributed by atoms with Gasteiger partial charge in [-0.2, -0.15) is 0 Å². The molecular formula is C21H21N3O3. The molecule has 1 amide bonds. The van der Waals surface area contributed by atoms with Gasteiger partial charge in [-0.05, 0) is 48.7 Å². The van der Waals surface area contributed by atoms with E-state index in [4.69, 9.17) is 4.42 Å². The van der Waals surface area contributed by atoms with Crippen LogP contribution in [0.2, 0.25) is 0 Å². The lowest BCUT2D eigenvalue weighted by molar-refractivity contribution is 0.0989. The molecule has 0 spiro atoms. The van der Waals surface area contributed by atoms with Crippen LogP contribution in [0.4, 0.5) is 11.5 Å². The third kappa shape index (κ3) is 3.57. The summed E-state index contributed by atoms with van der Waals surface area (Å²) in [6.45, 7) is 0.721. The highest BCUT2D eigenvalue weighted by Crippen LogP contribution is 2.29. The normalized spacial score (nSPS) is 14.0. The largest absolute Gasteiger partial charge is 0.467 e. The minimum Gasteiger partial charge on any atom is -0.467 e. The van der Waals surface area contributed by atoms with Crippen LogP contribution in [0.25, 0.3) is 0 Å². The van der Waals surface area contributed by atoms with E-state index in [1.165, 1.54) is 5.56 Å². The Kier molecular flexibility index (Phi) is 4.89. The first-order chi connectivity index (χ1) is 13.3. The number of fused-ring (bicyclic) bond motifs is 1. The first-order valence-electron chi connectivity index (χ1n) is 9.03. The maximum atomic E-state index is 12.8. The first-order valence-corrected chi connectivity index (χ1v) is 9.03. The van der Waals surface area contributed by atoms with Gasteiger partial charge in [0.25, 0.3) is 5.91 Å². The number of nitrogens with zero attached hydrogens (tertiary/aromatic N) is 2. The number of amides is 1. The molecule has 2 aromatic heterocycles. The number of pyridine rings is 1. The van der Waals surface area contributed by atoms with Crippen molar-refractivity contribution in [2.24, 2.45) is 0 Å². The van der Waals surface area contributed by atoms with Gasteiger partial charge in [0.1, 0.15) is 11.6 Å². The van der Waals surface area contributed by atoms with Gasteiger partial charge in [0, 0.05) is 25.0 Å². The molecule has 2 N–H and O–H groups in total. The number of anilines is 2. The summed E-state index contributed by atoms with van der Waals surface area (Å²) in [5.41, 5.74) is 2.72. The number of carbonyl (C=O) groups excluding carboxylic acids is 1. The minimum absolute atomic E-state index is 0.0311. The Morgan fingerprint density at radius 2 is 2.11 bits per heavy atom. The molecule has 0 saturated heterocycles. The zero-order chi connectivity index (χ0) is 18.6. The Labute approximate surface area is 157 Å². The lowest BCUT2D eigenvalue weighted by atomic mass is 10.1. The summed E-state index contributed by atoms with van der Waals surface area (Å²) >= 11 is 0. The lowest BCUT2D eigenvalue weighted by Crippen LogP contribution is -2.29. The van der Waals surface area contributed by atoms with Crippen molar-refractivity contribution in [2.45, 2.75) is 18.9 Å². The van der Waals surface area contributed by atoms with Gasteiger partial charge in [-0.15, -0.1) is 0 Å². The zero-order valence-corrected chi connectivity index (χ0v) is 14.8. The monoisotopic (exact) mass is 363 g/mol. The maximum Gasteiger partial charge on any atom is 0.259 e. The van der Waals surface area contributed by atoms with Gasteiger partial charge < -0.3 is 19.7 Å². The van der Waals surface area contributed by atoms with Crippen molar-refractivity contribution in [3.8, 4) is 0 Å². The fourth-order valence-corrected chi connectivity index (χ4v) is 3.39. The number of aliphatic hydroxyl groups is 1. The molecule has 6 nitrogen and oxygen atoms in total. The molecule has 0 radical (unpaired) electrons. The van der Waals surface area contributed by atoms with E-state index in [9.17, 15) is 9.90 Å². The second kappa shape index (κ2) is 7.63. The summed E-state index contributed by atoms with van der Waals surface area (Å²) in [6, 6.07) is 15.0. The van der Waals surface area contributed by atoms with E-state index in [1.807, 2.05) is 30.3 Å². The smallest absolute Gasteiger partial charge is 0.259 e. The standard InChI is InChI=1S/C21H21N3O3/c25-12-10-17(19-6-3-13-27-19)23-20-8-7-16(14-22-20)21(26)24-11-9-15-4-1-2-5-18(15)24/h1-8,13-14,17,25H,9-12H2,(H,22,23). The summed E-state index contributed by atoms with van der Waals surface area (Å²) < 4.78 is 5.42. The second-order valence-electron chi connectivity index (χ2n) is 6.49. The molecule has 1 unspecified atom stereocenters. The van der Waals surface area contributed by atoms with Crippen molar-refractivity contribution in [2.75, 3.05) is 23.4 Å². The van der Waals surface area contributed by atoms with E-state index in [0.29, 0.717) is 24.3 Å². The Balaban J connectivity index is 1.48. The third-order valence-corrected chi connectivity index (χ3v) is 4.77. The van der Waals surface area contributed by atoms with Crippen LogP contribution in [0.15, 0.2) is 65.4 Å². The molecule has 6 heteroatoms. The number of para-hydroxylation sites is 1. The Morgan fingerprint density at radius 3 is 2.85 bits per heavy atom. The van der Waals surface area contributed by atoms with Gasteiger partial charge in [0.2, 0.25) is 0 Å². The highest BCUT2D eigenvalue weighted by atomic mass is 16.3. The fraction of sp³-hybridized carbons (Fsp3) is 0.238. The molecule has 1 aliphatic heterocycles. The van der Waals surface area contributed by atoms with Gasteiger partial charge in [0.05, 0.1) is 17.9 Å². The van der Waals surface area contributed by atoms with Gasteiger partial charge in [-0.25, -0.2) is 4.98 Å². The van der Waals surface area contributed by atoms with E-state index in [0.717, 1.165) is 17.9 Å². The number of aromatic nitrogens is 1. The average Bonchev–Trinajstić information content (AvgIpc) is 3.38. The van der Waals surface area contributed by atoms with Crippen LogP contribution in [0.5, 0.6) is 0 Å². The van der Waals surface area contributed by atoms with Crippen molar-refractivity contribution in [3.63, 3.8) is 0 Å². The molecular weight excluding hydrogens is 342 g/mol. The van der Waals surface area contributed by atoms with E-state index >= 15 is 0 Å². The number of hydrogen-bond acceptors (Lipinski definition) is 5. The van der Waals surface area contributed by atoms with Crippen molar-refractivity contribution in [3.05, 3.63) is 77.9 Å². The predicted molar refractivity (Wildman–Crippen MR) is 103 cm³/mol. The summed E-state index contributed by atoms with van der Waals surface area (Å²) in [6.07, 6.45) is 4.57. The van der Waals surface area contributed by atoms with Crippen LogP contribution in [0.3, 0.4) is 0 Å². The topological polar surface area (TPSA) is 78.6 Å². The predicted octanol–water partition coefficient (Wildman–Crippen LogP) is 3.41. The van der Waals surface area contributed by atoms with Crippen LogP contribution in [0, 0.1) is 0 Å². The van der Waals surface area contributed by atoms with E-state index in [1.54, 1.807) is 29.5 Å².